The smallest absolute Gasteiger partial charge is 0.127 e. The number of aryl methyl sites for hydroxylation is 1. The fourth-order valence-electron chi connectivity index (χ4n) is 1.11. The first kappa shape index (κ1) is 8.38. The van der Waals surface area contributed by atoms with Crippen molar-refractivity contribution in [2.45, 2.75) is 13.3 Å². The number of hydrogen-bond acceptors (Lipinski definition) is 3. The summed E-state index contributed by atoms with van der Waals surface area (Å²) in [7, 11) is 0. The van der Waals surface area contributed by atoms with Crippen LogP contribution >= 0.6 is 11.3 Å². The second kappa shape index (κ2) is 3.66. The van der Waals surface area contributed by atoms with Crippen LogP contribution in [-0.4, -0.2) is 9.97 Å². The van der Waals surface area contributed by atoms with E-state index in [1.54, 1.807) is 11.3 Å². The zero-order valence-corrected chi connectivity index (χ0v) is 8.21. The van der Waals surface area contributed by atoms with Crippen LogP contribution in [-0.2, 0) is 6.42 Å². The molecule has 0 saturated heterocycles. The van der Waals surface area contributed by atoms with Crippen LogP contribution in [0.3, 0.4) is 0 Å². The lowest BCUT2D eigenvalue weighted by Crippen LogP contribution is -1.90. The van der Waals surface area contributed by atoms with E-state index >= 15 is 0 Å². The molecule has 0 unspecified atom stereocenters. The van der Waals surface area contributed by atoms with Gasteiger partial charge in [0, 0.05) is 29.3 Å². The molecule has 2 aromatic heterocycles. The van der Waals surface area contributed by atoms with Crippen molar-refractivity contribution < 1.29 is 0 Å². The molecule has 2 rings (SSSR count). The molecule has 3 heteroatoms. The Morgan fingerprint density at radius 1 is 1.31 bits per heavy atom. The Balaban J connectivity index is 2.33. The number of rotatable bonds is 2. The first-order valence-electron chi connectivity index (χ1n) is 4.25. The van der Waals surface area contributed by atoms with Gasteiger partial charge in [0.15, 0.2) is 0 Å². The van der Waals surface area contributed by atoms with E-state index in [1.165, 1.54) is 4.88 Å². The summed E-state index contributed by atoms with van der Waals surface area (Å²) in [6, 6.07) is 4.11. The van der Waals surface area contributed by atoms with Crippen molar-refractivity contribution >= 4 is 11.3 Å². The van der Waals surface area contributed by atoms with Crippen LogP contribution < -0.4 is 0 Å². The SMILES string of the molecule is CCc1ncc(-c2cccs2)cn1. The Labute approximate surface area is 81.3 Å². The number of thiophene rings is 1. The minimum atomic E-state index is 0.894. The van der Waals surface area contributed by atoms with Crippen LogP contribution in [0.1, 0.15) is 12.7 Å². The molecule has 66 valence electrons. The summed E-state index contributed by atoms with van der Waals surface area (Å²) < 4.78 is 0. The van der Waals surface area contributed by atoms with Crippen molar-refractivity contribution in [3.63, 3.8) is 0 Å². The largest absolute Gasteiger partial charge is 0.241 e. The molecule has 0 amide bonds. The molecule has 2 nitrogen and oxygen atoms in total. The van der Waals surface area contributed by atoms with Gasteiger partial charge in [-0.15, -0.1) is 11.3 Å². The van der Waals surface area contributed by atoms with Gasteiger partial charge in [-0.05, 0) is 11.4 Å². The molecule has 0 N–H and O–H groups in total. The van der Waals surface area contributed by atoms with E-state index in [0.717, 1.165) is 17.8 Å². The molecule has 0 spiro atoms. The molecular formula is C10H10N2S. The van der Waals surface area contributed by atoms with Gasteiger partial charge in [-0.25, -0.2) is 9.97 Å². The summed E-state index contributed by atoms with van der Waals surface area (Å²) in [6.45, 7) is 2.06. The standard InChI is InChI=1S/C10H10N2S/c1-2-10-11-6-8(7-12-10)9-4-3-5-13-9/h3-7H,2H2,1H3. The number of hydrogen-bond donors (Lipinski definition) is 0. The normalized spacial score (nSPS) is 10.2. The van der Waals surface area contributed by atoms with Crippen LogP contribution in [0.5, 0.6) is 0 Å². The van der Waals surface area contributed by atoms with E-state index in [1.807, 2.05) is 18.5 Å². The average molecular weight is 190 g/mol. The average Bonchev–Trinajstić information content (AvgIpc) is 2.71. The van der Waals surface area contributed by atoms with Crippen LogP contribution in [0, 0.1) is 0 Å². The molecule has 0 aliphatic carbocycles. The minimum Gasteiger partial charge on any atom is -0.241 e. The quantitative estimate of drug-likeness (QED) is 0.727. The molecular weight excluding hydrogens is 180 g/mol. The van der Waals surface area contributed by atoms with Gasteiger partial charge in [0.1, 0.15) is 5.82 Å². The third-order valence-corrected chi connectivity index (χ3v) is 2.75. The highest BCUT2D eigenvalue weighted by Crippen LogP contribution is 2.22. The van der Waals surface area contributed by atoms with Crippen LogP contribution in [0.25, 0.3) is 10.4 Å². The van der Waals surface area contributed by atoms with Gasteiger partial charge in [-0.3, -0.25) is 0 Å². The molecule has 0 saturated carbocycles. The second-order valence-electron chi connectivity index (χ2n) is 2.72. The Bertz CT molecular complexity index is 364. The number of nitrogens with zero attached hydrogens (tertiary/aromatic N) is 2. The molecule has 0 bridgehead atoms. The lowest BCUT2D eigenvalue weighted by molar-refractivity contribution is 0.941. The van der Waals surface area contributed by atoms with Gasteiger partial charge in [-0.1, -0.05) is 13.0 Å². The molecule has 0 aliphatic rings. The molecule has 2 heterocycles. The summed E-state index contributed by atoms with van der Waals surface area (Å²) in [6.07, 6.45) is 4.67. The van der Waals surface area contributed by atoms with Gasteiger partial charge >= 0.3 is 0 Å². The fraction of sp³-hybridized carbons (Fsp3) is 0.200. The van der Waals surface area contributed by atoms with Gasteiger partial charge in [0.25, 0.3) is 0 Å². The molecule has 0 atom stereocenters. The Hall–Kier alpha value is -1.22. The molecule has 13 heavy (non-hydrogen) atoms. The van der Waals surface area contributed by atoms with Gasteiger partial charge in [-0.2, -0.15) is 0 Å². The number of aromatic nitrogens is 2. The van der Waals surface area contributed by atoms with E-state index < -0.39 is 0 Å². The molecule has 0 aromatic carbocycles. The van der Waals surface area contributed by atoms with Crippen molar-refractivity contribution in [2.24, 2.45) is 0 Å². The van der Waals surface area contributed by atoms with E-state index in [2.05, 4.69) is 28.3 Å². The lowest BCUT2D eigenvalue weighted by Gasteiger charge is -1.97. The van der Waals surface area contributed by atoms with Crippen molar-refractivity contribution in [1.82, 2.24) is 9.97 Å². The third-order valence-electron chi connectivity index (χ3n) is 1.83. The highest BCUT2D eigenvalue weighted by molar-refractivity contribution is 7.13. The first-order chi connectivity index (χ1) is 6.40. The van der Waals surface area contributed by atoms with E-state index in [-0.39, 0.29) is 0 Å². The Morgan fingerprint density at radius 3 is 2.62 bits per heavy atom. The lowest BCUT2D eigenvalue weighted by atomic mass is 10.3. The van der Waals surface area contributed by atoms with Gasteiger partial charge in [0.05, 0.1) is 0 Å². The van der Waals surface area contributed by atoms with E-state index in [0.29, 0.717) is 0 Å². The van der Waals surface area contributed by atoms with Crippen molar-refractivity contribution in [3.05, 3.63) is 35.7 Å². The molecule has 0 radical (unpaired) electrons. The highest BCUT2D eigenvalue weighted by atomic mass is 32.1. The maximum absolute atomic E-state index is 4.25. The second-order valence-corrected chi connectivity index (χ2v) is 3.67. The molecule has 0 fully saturated rings. The van der Waals surface area contributed by atoms with Crippen LogP contribution in [0.2, 0.25) is 0 Å². The van der Waals surface area contributed by atoms with Crippen molar-refractivity contribution in [2.75, 3.05) is 0 Å². The van der Waals surface area contributed by atoms with Crippen molar-refractivity contribution in [1.29, 1.82) is 0 Å². The monoisotopic (exact) mass is 190 g/mol. The topological polar surface area (TPSA) is 25.8 Å². The minimum absolute atomic E-state index is 0.894. The predicted molar refractivity (Wildman–Crippen MR) is 54.7 cm³/mol. The van der Waals surface area contributed by atoms with Gasteiger partial charge in [0.2, 0.25) is 0 Å². The van der Waals surface area contributed by atoms with Gasteiger partial charge < -0.3 is 0 Å². The maximum Gasteiger partial charge on any atom is 0.127 e. The maximum atomic E-state index is 4.25. The summed E-state index contributed by atoms with van der Waals surface area (Å²) in [5.74, 6) is 0.903. The van der Waals surface area contributed by atoms with E-state index in [9.17, 15) is 0 Å². The molecule has 2 aromatic rings. The first-order valence-corrected chi connectivity index (χ1v) is 5.13. The van der Waals surface area contributed by atoms with Crippen molar-refractivity contribution in [3.8, 4) is 10.4 Å². The zero-order valence-electron chi connectivity index (χ0n) is 7.40. The summed E-state index contributed by atoms with van der Waals surface area (Å²) >= 11 is 1.71. The van der Waals surface area contributed by atoms with Crippen LogP contribution in [0.4, 0.5) is 0 Å². The van der Waals surface area contributed by atoms with E-state index in [4.69, 9.17) is 0 Å². The summed E-state index contributed by atoms with van der Waals surface area (Å²) in [5.41, 5.74) is 1.10. The third kappa shape index (κ3) is 1.75. The summed E-state index contributed by atoms with van der Waals surface area (Å²) in [5, 5.41) is 2.06. The fourth-order valence-corrected chi connectivity index (χ4v) is 1.81. The Morgan fingerprint density at radius 2 is 2.08 bits per heavy atom. The summed E-state index contributed by atoms with van der Waals surface area (Å²) in [4.78, 5) is 9.72. The van der Waals surface area contributed by atoms with Crippen LogP contribution in [0.15, 0.2) is 29.9 Å². The molecule has 0 aliphatic heterocycles. The Kier molecular flexibility index (Phi) is 2.36. The zero-order chi connectivity index (χ0) is 9.10. The highest BCUT2D eigenvalue weighted by Gasteiger charge is 1.99. The predicted octanol–water partition coefficient (Wildman–Crippen LogP) is 2.77.